The van der Waals surface area contributed by atoms with Crippen LogP contribution in [0.15, 0.2) is 65.2 Å². The molecule has 2 fully saturated rings. The number of piperidine rings is 1. The van der Waals surface area contributed by atoms with Gasteiger partial charge in [0.1, 0.15) is 29.7 Å². The summed E-state index contributed by atoms with van der Waals surface area (Å²) in [5.41, 5.74) is 2.72. The number of nitrogens with zero attached hydrogens (tertiary/aromatic N) is 2. The summed E-state index contributed by atoms with van der Waals surface area (Å²) in [6.07, 6.45) is 0.846. The molecular formula is C36H36Cl2F4N4O3. The average molecular weight is 720 g/mol. The molecule has 260 valence electrons. The first-order valence-corrected chi connectivity index (χ1v) is 17.0. The lowest BCUT2D eigenvalue weighted by Gasteiger charge is -2.36. The maximum Gasteiger partial charge on any atom is 0.250 e. The largest absolute Gasteiger partial charge is 0.486 e. The lowest BCUT2D eigenvalue weighted by Crippen LogP contribution is -2.47. The van der Waals surface area contributed by atoms with E-state index in [1.165, 1.54) is 6.07 Å². The number of amides is 1. The SMILES string of the molecule is O=C([C@H]1CNCC[C@@H]1c1ccc(OCc2cc(-c3c(F)ccc(F)c3Cl)no2)cc1)N(Cc1cc(CCNCC(F)F)ccc1Cl)C1CC1. The molecule has 4 aromatic rings. The van der Waals surface area contributed by atoms with Crippen LogP contribution in [0.3, 0.4) is 0 Å². The van der Waals surface area contributed by atoms with E-state index in [1.54, 1.807) is 0 Å². The molecule has 1 saturated carbocycles. The molecule has 0 spiro atoms. The lowest BCUT2D eigenvalue weighted by molar-refractivity contribution is -0.138. The van der Waals surface area contributed by atoms with Crippen molar-refractivity contribution in [1.29, 1.82) is 0 Å². The topological polar surface area (TPSA) is 79.6 Å². The van der Waals surface area contributed by atoms with Crippen molar-refractivity contribution < 1.29 is 31.6 Å². The van der Waals surface area contributed by atoms with Gasteiger partial charge in [0.25, 0.3) is 6.43 Å². The van der Waals surface area contributed by atoms with E-state index in [0.717, 1.165) is 54.6 Å². The number of rotatable bonds is 14. The molecule has 2 atom stereocenters. The van der Waals surface area contributed by atoms with Crippen LogP contribution in [0.4, 0.5) is 17.6 Å². The molecule has 2 aliphatic rings. The van der Waals surface area contributed by atoms with Gasteiger partial charge in [0.15, 0.2) is 5.76 Å². The molecule has 0 radical (unpaired) electrons. The van der Waals surface area contributed by atoms with Crippen LogP contribution in [-0.4, -0.2) is 54.6 Å². The van der Waals surface area contributed by atoms with Crippen molar-refractivity contribution in [2.24, 2.45) is 5.92 Å². The second kappa shape index (κ2) is 15.9. The molecule has 0 unspecified atom stereocenters. The highest BCUT2D eigenvalue weighted by molar-refractivity contribution is 6.33. The Balaban J connectivity index is 1.10. The van der Waals surface area contributed by atoms with E-state index < -0.39 is 18.1 Å². The van der Waals surface area contributed by atoms with Crippen LogP contribution in [0.1, 0.15) is 47.6 Å². The van der Waals surface area contributed by atoms with E-state index in [2.05, 4.69) is 15.8 Å². The summed E-state index contributed by atoms with van der Waals surface area (Å²) < 4.78 is 64.3. The van der Waals surface area contributed by atoms with E-state index in [4.69, 9.17) is 32.5 Å². The fraction of sp³-hybridized carbons (Fsp3) is 0.389. The Labute approximate surface area is 291 Å². The summed E-state index contributed by atoms with van der Waals surface area (Å²) in [5.74, 6) is -0.812. The molecule has 1 aliphatic heterocycles. The zero-order valence-electron chi connectivity index (χ0n) is 26.5. The molecule has 3 aromatic carbocycles. The summed E-state index contributed by atoms with van der Waals surface area (Å²) in [6, 6.07) is 16.8. The van der Waals surface area contributed by atoms with Gasteiger partial charge in [-0.15, -0.1) is 0 Å². The second-order valence-electron chi connectivity index (χ2n) is 12.4. The normalized spacial score (nSPS) is 17.8. The van der Waals surface area contributed by atoms with Crippen molar-refractivity contribution >= 4 is 29.1 Å². The van der Waals surface area contributed by atoms with Gasteiger partial charge in [0.2, 0.25) is 5.91 Å². The molecule has 49 heavy (non-hydrogen) atoms. The van der Waals surface area contributed by atoms with E-state index in [0.29, 0.717) is 42.6 Å². The molecule has 0 bridgehead atoms. The summed E-state index contributed by atoms with van der Waals surface area (Å²) in [5, 5.41) is 10.2. The van der Waals surface area contributed by atoms with E-state index >= 15 is 0 Å². The van der Waals surface area contributed by atoms with E-state index in [9.17, 15) is 22.4 Å². The number of hydrogen-bond donors (Lipinski definition) is 2. The molecule has 2 N–H and O–H groups in total. The molecule has 1 saturated heterocycles. The monoisotopic (exact) mass is 718 g/mol. The van der Waals surface area contributed by atoms with Crippen molar-refractivity contribution in [3.63, 3.8) is 0 Å². The van der Waals surface area contributed by atoms with Gasteiger partial charge in [-0.1, -0.05) is 52.6 Å². The number of carbonyl (C=O) groups excluding carboxylic acids is 1. The quantitative estimate of drug-likeness (QED) is 0.0788. The zero-order valence-corrected chi connectivity index (χ0v) is 28.1. The summed E-state index contributed by atoms with van der Waals surface area (Å²) in [6.45, 7) is 1.80. The van der Waals surface area contributed by atoms with Crippen LogP contribution in [0.25, 0.3) is 11.3 Å². The van der Waals surface area contributed by atoms with Gasteiger partial charge in [0.05, 0.1) is 23.0 Å². The van der Waals surface area contributed by atoms with Crippen molar-refractivity contribution in [3.05, 3.63) is 105 Å². The van der Waals surface area contributed by atoms with Gasteiger partial charge in [0, 0.05) is 30.2 Å². The molecule has 1 aromatic heterocycles. The first-order chi connectivity index (χ1) is 23.7. The number of hydrogen-bond acceptors (Lipinski definition) is 6. The standard InChI is InChI=1S/C36H36Cl2F4N4O3/c37-29-8-1-21(11-13-44-18-33(41)42)15-23(29)19-46(24-4-5-24)36(47)28-17-43-14-12-27(28)22-2-6-25(7-3-22)48-20-26-16-32(45-49-26)34-30(39)9-10-31(40)35(34)38/h1-3,6-10,15-16,24,27-28,33,43-44H,4-5,11-14,17-20H2/t27-,28+/m1/s1. The first-order valence-electron chi connectivity index (χ1n) is 16.3. The Morgan fingerprint density at radius 2 is 1.82 bits per heavy atom. The van der Waals surface area contributed by atoms with Gasteiger partial charge in [-0.05, 0) is 91.7 Å². The molecule has 7 nitrogen and oxygen atoms in total. The van der Waals surface area contributed by atoms with Gasteiger partial charge in [-0.3, -0.25) is 4.79 Å². The van der Waals surface area contributed by atoms with Gasteiger partial charge in [-0.2, -0.15) is 0 Å². The predicted molar refractivity (Wildman–Crippen MR) is 179 cm³/mol. The van der Waals surface area contributed by atoms with Gasteiger partial charge < -0.3 is 24.8 Å². The fourth-order valence-corrected chi connectivity index (χ4v) is 6.69. The predicted octanol–water partition coefficient (Wildman–Crippen LogP) is 7.79. The fourth-order valence-electron chi connectivity index (χ4n) is 6.26. The second-order valence-corrected chi connectivity index (χ2v) is 13.2. The first kappa shape index (κ1) is 35.2. The Morgan fingerprint density at radius 1 is 1.04 bits per heavy atom. The molecule has 1 amide bonds. The molecule has 13 heteroatoms. The van der Waals surface area contributed by atoms with Crippen LogP contribution in [0.5, 0.6) is 5.75 Å². The van der Waals surface area contributed by atoms with Gasteiger partial charge >= 0.3 is 0 Å². The molecule has 2 heterocycles. The average Bonchev–Trinajstić information content (AvgIpc) is 3.84. The summed E-state index contributed by atoms with van der Waals surface area (Å²) in [4.78, 5) is 16.2. The van der Waals surface area contributed by atoms with Gasteiger partial charge in [-0.25, -0.2) is 17.6 Å². The van der Waals surface area contributed by atoms with Crippen LogP contribution >= 0.6 is 23.2 Å². The Morgan fingerprint density at radius 3 is 2.57 bits per heavy atom. The number of aromatic nitrogens is 1. The molecular weight excluding hydrogens is 683 g/mol. The molecule has 1 aliphatic carbocycles. The van der Waals surface area contributed by atoms with Crippen LogP contribution in [0.2, 0.25) is 10.0 Å². The number of nitrogens with one attached hydrogen (secondary N) is 2. The third-order valence-electron chi connectivity index (χ3n) is 8.96. The Hall–Kier alpha value is -3.64. The smallest absolute Gasteiger partial charge is 0.250 e. The van der Waals surface area contributed by atoms with Crippen LogP contribution < -0.4 is 15.4 Å². The summed E-state index contributed by atoms with van der Waals surface area (Å²) in [7, 11) is 0. The lowest BCUT2D eigenvalue weighted by atomic mass is 9.80. The number of carbonyl (C=O) groups is 1. The third-order valence-corrected chi connectivity index (χ3v) is 9.70. The van der Waals surface area contributed by atoms with E-state index in [1.807, 2.05) is 47.4 Å². The maximum atomic E-state index is 14.3. The van der Waals surface area contributed by atoms with Crippen molar-refractivity contribution in [2.75, 3.05) is 26.2 Å². The minimum atomic E-state index is -2.40. The highest BCUT2D eigenvalue weighted by atomic mass is 35.5. The number of ether oxygens (including phenoxy) is 1. The van der Waals surface area contributed by atoms with Crippen molar-refractivity contribution in [3.8, 4) is 17.0 Å². The number of alkyl halides is 2. The zero-order chi connectivity index (χ0) is 34.5. The number of benzene rings is 3. The Bertz CT molecular complexity index is 1750. The van der Waals surface area contributed by atoms with E-state index in [-0.39, 0.29) is 53.2 Å². The van der Waals surface area contributed by atoms with Crippen LogP contribution in [-0.2, 0) is 24.4 Å². The van der Waals surface area contributed by atoms with Crippen LogP contribution in [0, 0.1) is 17.6 Å². The molecule has 6 rings (SSSR count). The third kappa shape index (κ3) is 8.75. The highest BCUT2D eigenvalue weighted by Crippen LogP contribution is 2.38. The minimum Gasteiger partial charge on any atom is -0.486 e. The number of halogens is 6. The maximum absolute atomic E-state index is 14.3. The highest BCUT2D eigenvalue weighted by Gasteiger charge is 2.40. The van der Waals surface area contributed by atoms with Crippen molar-refractivity contribution in [1.82, 2.24) is 20.7 Å². The minimum absolute atomic E-state index is 0.00167. The van der Waals surface area contributed by atoms with Crippen molar-refractivity contribution in [2.45, 2.75) is 57.2 Å². The Kier molecular flexibility index (Phi) is 11.4. The summed E-state index contributed by atoms with van der Waals surface area (Å²) >= 11 is 12.5.